The highest BCUT2D eigenvalue weighted by atomic mass is 79.9. The van der Waals surface area contributed by atoms with Gasteiger partial charge >= 0.3 is 0 Å². The molecule has 2 aliphatic rings. The van der Waals surface area contributed by atoms with E-state index < -0.39 is 5.79 Å². The Bertz CT molecular complexity index is 707. The second kappa shape index (κ2) is 3.91. The third-order valence-corrected chi connectivity index (χ3v) is 4.67. The molecule has 104 valence electrons. The summed E-state index contributed by atoms with van der Waals surface area (Å²) in [5, 5.41) is 4.18. The molecule has 0 amide bonds. The van der Waals surface area contributed by atoms with E-state index in [1.165, 1.54) is 0 Å². The van der Waals surface area contributed by atoms with Gasteiger partial charge in [-0.3, -0.25) is 4.68 Å². The molecule has 1 spiro atoms. The van der Waals surface area contributed by atoms with Crippen LogP contribution < -0.4 is 15.2 Å². The second-order valence-electron chi connectivity index (χ2n) is 5.31. The van der Waals surface area contributed by atoms with Crippen LogP contribution in [0.2, 0.25) is 0 Å². The molecule has 0 unspecified atom stereocenters. The van der Waals surface area contributed by atoms with Crippen LogP contribution in [-0.2, 0) is 7.05 Å². The maximum absolute atomic E-state index is 6.05. The molecule has 1 fully saturated rings. The summed E-state index contributed by atoms with van der Waals surface area (Å²) in [5.74, 6) is 1.79. The van der Waals surface area contributed by atoms with Gasteiger partial charge in [0.25, 0.3) is 5.79 Å². The first-order valence-electron chi connectivity index (χ1n) is 6.57. The second-order valence-corrected chi connectivity index (χ2v) is 6.17. The molecule has 2 aromatic rings. The van der Waals surface area contributed by atoms with Gasteiger partial charge in [0.15, 0.2) is 11.5 Å². The number of nitrogen functional groups attached to an aromatic ring is 1. The Balaban J connectivity index is 1.80. The normalized spacial score (nSPS) is 18.3. The van der Waals surface area contributed by atoms with E-state index in [4.69, 9.17) is 15.2 Å². The van der Waals surface area contributed by atoms with Gasteiger partial charge in [0, 0.05) is 35.5 Å². The van der Waals surface area contributed by atoms with E-state index in [-0.39, 0.29) is 0 Å². The minimum atomic E-state index is -0.416. The summed E-state index contributed by atoms with van der Waals surface area (Å²) < 4.78 is 14.5. The summed E-state index contributed by atoms with van der Waals surface area (Å²) in [6.45, 7) is 0. The molecule has 2 N–H and O–H groups in total. The molecular weight excluding hydrogens is 322 g/mol. The number of fused-ring (bicyclic) bond motifs is 1. The van der Waals surface area contributed by atoms with Gasteiger partial charge < -0.3 is 15.2 Å². The highest BCUT2D eigenvalue weighted by Crippen LogP contribution is 2.51. The Morgan fingerprint density at radius 1 is 1.25 bits per heavy atom. The third-order valence-electron chi connectivity index (χ3n) is 4.02. The fraction of sp³-hybridized carbons (Fsp3) is 0.357. The largest absolute Gasteiger partial charge is 0.448 e. The Hall–Kier alpha value is -1.69. The predicted octanol–water partition coefficient (Wildman–Crippen LogP) is 3.08. The van der Waals surface area contributed by atoms with Crippen LogP contribution in [0.3, 0.4) is 0 Å². The van der Waals surface area contributed by atoms with E-state index in [0.29, 0.717) is 5.82 Å². The molecule has 0 radical (unpaired) electrons. The van der Waals surface area contributed by atoms with Crippen LogP contribution in [0, 0.1) is 0 Å². The predicted molar refractivity (Wildman–Crippen MR) is 78.6 cm³/mol. The lowest BCUT2D eigenvalue weighted by molar-refractivity contribution is -0.138. The number of aromatic nitrogens is 2. The first kappa shape index (κ1) is 12.1. The molecule has 1 aliphatic carbocycles. The molecule has 4 rings (SSSR count). The van der Waals surface area contributed by atoms with Crippen molar-refractivity contribution in [3.05, 3.63) is 22.8 Å². The van der Waals surface area contributed by atoms with Crippen molar-refractivity contribution < 1.29 is 9.47 Å². The van der Waals surface area contributed by atoms with Gasteiger partial charge in [0.05, 0.1) is 6.20 Å². The summed E-state index contributed by atoms with van der Waals surface area (Å²) >= 11 is 3.58. The summed E-state index contributed by atoms with van der Waals surface area (Å²) in [6.07, 6.45) is 4.81. The molecule has 0 bridgehead atoms. The molecule has 1 saturated carbocycles. The SMILES string of the molecule is Cn1ncc(-c2cc3c(cc2Br)OC2(CCC2)O3)c1N. The first-order chi connectivity index (χ1) is 9.58. The van der Waals surface area contributed by atoms with Crippen molar-refractivity contribution in [3.8, 4) is 22.6 Å². The van der Waals surface area contributed by atoms with E-state index in [1.807, 2.05) is 19.2 Å². The van der Waals surface area contributed by atoms with Gasteiger partial charge in [-0.15, -0.1) is 0 Å². The van der Waals surface area contributed by atoms with Gasteiger partial charge in [-0.2, -0.15) is 5.10 Å². The van der Waals surface area contributed by atoms with Gasteiger partial charge in [0.2, 0.25) is 0 Å². The van der Waals surface area contributed by atoms with Crippen molar-refractivity contribution in [2.45, 2.75) is 25.0 Å². The molecule has 20 heavy (non-hydrogen) atoms. The van der Waals surface area contributed by atoms with Crippen LogP contribution in [0.25, 0.3) is 11.1 Å². The van der Waals surface area contributed by atoms with Crippen LogP contribution >= 0.6 is 15.9 Å². The van der Waals surface area contributed by atoms with Gasteiger partial charge in [-0.1, -0.05) is 15.9 Å². The standard InChI is InChI=1S/C14H14BrN3O2/c1-18-13(16)9(7-17-18)8-5-11-12(6-10(8)15)20-14(19-11)3-2-4-14/h5-7H,2-4,16H2,1H3. The number of halogens is 1. The smallest absolute Gasteiger partial charge is 0.251 e. The van der Waals surface area contributed by atoms with Crippen LogP contribution in [0.4, 0.5) is 5.82 Å². The molecule has 1 aromatic heterocycles. The number of benzene rings is 1. The summed E-state index contributed by atoms with van der Waals surface area (Å²) in [6, 6.07) is 3.92. The molecule has 1 aromatic carbocycles. The molecule has 0 atom stereocenters. The van der Waals surface area contributed by atoms with E-state index in [9.17, 15) is 0 Å². The molecular formula is C14H14BrN3O2. The Kier molecular flexibility index (Phi) is 2.36. The maximum atomic E-state index is 6.05. The molecule has 2 heterocycles. The van der Waals surface area contributed by atoms with Crippen molar-refractivity contribution in [2.24, 2.45) is 7.05 Å². The van der Waals surface area contributed by atoms with Crippen LogP contribution in [0.5, 0.6) is 11.5 Å². The van der Waals surface area contributed by atoms with Crippen molar-refractivity contribution in [1.29, 1.82) is 0 Å². The zero-order valence-electron chi connectivity index (χ0n) is 11.0. The van der Waals surface area contributed by atoms with E-state index >= 15 is 0 Å². The number of hydrogen-bond acceptors (Lipinski definition) is 4. The van der Waals surface area contributed by atoms with E-state index in [1.54, 1.807) is 10.9 Å². The average molecular weight is 336 g/mol. The summed E-state index contributed by atoms with van der Waals surface area (Å²) in [7, 11) is 1.82. The lowest BCUT2D eigenvalue weighted by atomic mass is 9.91. The number of nitrogens with two attached hydrogens (primary N) is 1. The zero-order chi connectivity index (χ0) is 13.9. The number of anilines is 1. The Morgan fingerprint density at radius 3 is 2.50 bits per heavy atom. The molecule has 1 aliphatic heterocycles. The number of rotatable bonds is 1. The Labute approximate surface area is 124 Å². The van der Waals surface area contributed by atoms with E-state index in [2.05, 4.69) is 21.0 Å². The first-order valence-corrected chi connectivity index (χ1v) is 7.37. The maximum Gasteiger partial charge on any atom is 0.251 e. The van der Waals surface area contributed by atoms with Crippen LogP contribution in [0.1, 0.15) is 19.3 Å². The fourth-order valence-corrected chi connectivity index (χ4v) is 3.18. The van der Waals surface area contributed by atoms with Crippen LogP contribution in [-0.4, -0.2) is 15.6 Å². The molecule has 0 saturated heterocycles. The van der Waals surface area contributed by atoms with E-state index in [0.717, 1.165) is 46.4 Å². The third kappa shape index (κ3) is 1.57. The fourth-order valence-electron chi connectivity index (χ4n) is 2.65. The molecule has 6 heteroatoms. The lowest BCUT2D eigenvalue weighted by Crippen LogP contribution is -2.45. The monoisotopic (exact) mass is 335 g/mol. The minimum Gasteiger partial charge on any atom is -0.448 e. The number of ether oxygens (including phenoxy) is 2. The van der Waals surface area contributed by atoms with Crippen molar-refractivity contribution in [2.75, 3.05) is 5.73 Å². The highest BCUT2D eigenvalue weighted by Gasteiger charge is 2.47. The number of hydrogen-bond donors (Lipinski definition) is 1. The zero-order valence-corrected chi connectivity index (χ0v) is 12.6. The van der Waals surface area contributed by atoms with Crippen molar-refractivity contribution in [1.82, 2.24) is 9.78 Å². The van der Waals surface area contributed by atoms with Crippen molar-refractivity contribution in [3.63, 3.8) is 0 Å². The van der Waals surface area contributed by atoms with Crippen LogP contribution in [0.15, 0.2) is 22.8 Å². The van der Waals surface area contributed by atoms with Gasteiger partial charge in [-0.05, 0) is 18.6 Å². The molecule has 5 nitrogen and oxygen atoms in total. The minimum absolute atomic E-state index is 0.416. The highest BCUT2D eigenvalue weighted by molar-refractivity contribution is 9.10. The van der Waals surface area contributed by atoms with Gasteiger partial charge in [0.1, 0.15) is 5.82 Å². The Morgan fingerprint density at radius 2 is 1.95 bits per heavy atom. The quantitative estimate of drug-likeness (QED) is 0.869. The summed E-state index contributed by atoms with van der Waals surface area (Å²) in [5.41, 5.74) is 7.90. The topological polar surface area (TPSA) is 62.3 Å². The number of aryl methyl sites for hydroxylation is 1. The average Bonchev–Trinajstić information content (AvgIpc) is 2.90. The van der Waals surface area contributed by atoms with Crippen molar-refractivity contribution >= 4 is 21.7 Å². The summed E-state index contributed by atoms with van der Waals surface area (Å²) in [4.78, 5) is 0. The lowest BCUT2D eigenvalue weighted by Gasteiger charge is -2.35. The van der Waals surface area contributed by atoms with Gasteiger partial charge in [-0.25, -0.2) is 0 Å². The number of nitrogens with zero attached hydrogens (tertiary/aromatic N) is 2.